The summed E-state index contributed by atoms with van der Waals surface area (Å²) in [6.45, 7) is 6.38. The van der Waals surface area contributed by atoms with Gasteiger partial charge in [0.1, 0.15) is 5.57 Å². The lowest BCUT2D eigenvalue weighted by Crippen LogP contribution is -2.54. The van der Waals surface area contributed by atoms with Crippen LogP contribution in [-0.4, -0.2) is 31.1 Å². The molecule has 30 heavy (non-hydrogen) atoms. The summed E-state index contributed by atoms with van der Waals surface area (Å²) in [6.07, 6.45) is 1.43. The van der Waals surface area contributed by atoms with Crippen LogP contribution in [0.3, 0.4) is 0 Å². The first-order valence-electron chi connectivity index (χ1n) is 9.43. The second-order valence-corrected chi connectivity index (χ2v) is 7.29. The van der Waals surface area contributed by atoms with Gasteiger partial charge in [-0.05, 0) is 56.2 Å². The maximum atomic E-state index is 13.1. The van der Waals surface area contributed by atoms with Gasteiger partial charge < -0.3 is 9.47 Å². The summed E-state index contributed by atoms with van der Waals surface area (Å²) >= 11 is 3.45. The van der Waals surface area contributed by atoms with Gasteiger partial charge in [0.05, 0.1) is 18.9 Å². The van der Waals surface area contributed by atoms with Crippen LogP contribution in [0.1, 0.15) is 25.0 Å². The molecule has 1 saturated heterocycles. The molecule has 0 aliphatic carbocycles. The Balaban J connectivity index is 2.06. The highest BCUT2D eigenvalue weighted by molar-refractivity contribution is 9.10. The minimum Gasteiger partial charge on any atom is -0.490 e. The van der Waals surface area contributed by atoms with Gasteiger partial charge in [0.25, 0.3) is 11.8 Å². The second kappa shape index (κ2) is 9.13. The Bertz CT molecular complexity index is 1050. The number of urea groups is 1. The number of anilines is 1. The van der Waals surface area contributed by atoms with E-state index in [2.05, 4.69) is 21.2 Å². The van der Waals surface area contributed by atoms with Gasteiger partial charge in [-0.1, -0.05) is 34.1 Å². The van der Waals surface area contributed by atoms with Crippen LogP contribution in [0.25, 0.3) is 6.08 Å². The first kappa shape index (κ1) is 21.6. The molecule has 0 radical (unpaired) electrons. The molecule has 156 valence electrons. The average Bonchev–Trinajstić information content (AvgIpc) is 2.69. The van der Waals surface area contributed by atoms with Gasteiger partial charge in [-0.3, -0.25) is 14.9 Å². The van der Waals surface area contributed by atoms with E-state index in [1.807, 2.05) is 13.8 Å². The van der Waals surface area contributed by atoms with Gasteiger partial charge in [-0.2, -0.15) is 0 Å². The fourth-order valence-corrected chi connectivity index (χ4v) is 3.48. The van der Waals surface area contributed by atoms with Crippen LogP contribution in [0, 0.1) is 6.92 Å². The zero-order valence-corrected chi connectivity index (χ0v) is 18.4. The summed E-state index contributed by atoms with van der Waals surface area (Å²) in [5, 5.41) is 2.23. The van der Waals surface area contributed by atoms with E-state index in [1.54, 1.807) is 43.3 Å². The number of benzene rings is 2. The fourth-order valence-electron chi connectivity index (χ4n) is 3.04. The molecule has 2 aromatic rings. The van der Waals surface area contributed by atoms with Crippen LogP contribution < -0.4 is 19.7 Å². The molecule has 1 heterocycles. The molecule has 1 aliphatic rings. The van der Waals surface area contributed by atoms with Crippen molar-refractivity contribution in [1.29, 1.82) is 0 Å². The standard InChI is InChI=1S/C22H21BrN2O5/c1-4-29-18-11-14(16(23)12-19(18)30-5-2)10-15-20(26)24-22(28)25(21(15)27)17-9-7-6-8-13(17)3/h6-12H,4-5H2,1-3H3,(H,24,26,28)/b15-10+. The highest BCUT2D eigenvalue weighted by atomic mass is 79.9. The molecule has 0 saturated carbocycles. The van der Waals surface area contributed by atoms with E-state index in [4.69, 9.17) is 9.47 Å². The van der Waals surface area contributed by atoms with E-state index < -0.39 is 17.8 Å². The number of para-hydroxylation sites is 1. The number of rotatable bonds is 6. The lowest BCUT2D eigenvalue weighted by molar-refractivity contribution is -0.122. The fraction of sp³-hybridized carbons (Fsp3) is 0.227. The van der Waals surface area contributed by atoms with Crippen molar-refractivity contribution in [1.82, 2.24) is 5.32 Å². The number of halogens is 1. The molecular weight excluding hydrogens is 452 g/mol. The molecule has 0 aromatic heterocycles. The van der Waals surface area contributed by atoms with Gasteiger partial charge in [0.15, 0.2) is 11.5 Å². The Hall–Kier alpha value is -3.13. The van der Waals surface area contributed by atoms with Crippen LogP contribution in [0.4, 0.5) is 10.5 Å². The number of nitrogens with one attached hydrogen (secondary N) is 1. The monoisotopic (exact) mass is 472 g/mol. The Morgan fingerprint density at radius 3 is 2.30 bits per heavy atom. The number of hydrogen-bond acceptors (Lipinski definition) is 5. The number of nitrogens with zero attached hydrogens (tertiary/aromatic N) is 1. The SMILES string of the molecule is CCOc1cc(Br)c(/C=C2\C(=O)NC(=O)N(c3ccccc3C)C2=O)cc1OCC. The molecule has 4 amide bonds. The zero-order valence-electron chi connectivity index (χ0n) is 16.8. The number of barbiturate groups is 1. The third-order valence-electron chi connectivity index (χ3n) is 4.42. The number of carbonyl (C=O) groups excluding carboxylic acids is 3. The molecule has 0 bridgehead atoms. The number of amides is 4. The molecule has 1 fully saturated rings. The van der Waals surface area contributed by atoms with E-state index >= 15 is 0 Å². The summed E-state index contributed by atoms with van der Waals surface area (Å²) < 4.78 is 11.8. The first-order valence-corrected chi connectivity index (χ1v) is 10.2. The number of hydrogen-bond donors (Lipinski definition) is 1. The molecule has 1 N–H and O–H groups in total. The second-order valence-electron chi connectivity index (χ2n) is 6.43. The van der Waals surface area contributed by atoms with Gasteiger partial charge in [0, 0.05) is 4.47 Å². The van der Waals surface area contributed by atoms with Crippen LogP contribution >= 0.6 is 15.9 Å². The average molecular weight is 473 g/mol. The lowest BCUT2D eigenvalue weighted by Gasteiger charge is -2.27. The third-order valence-corrected chi connectivity index (χ3v) is 5.11. The Morgan fingerprint density at radius 1 is 1.03 bits per heavy atom. The molecule has 2 aromatic carbocycles. The zero-order chi connectivity index (χ0) is 21.8. The van der Waals surface area contributed by atoms with Crippen molar-refractivity contribution in [3.63, 3.8) is 0 Å². The molecule has 7 nitrogen and oxygen atoms in total. The Morgan fingerprint density at radius 2 is 1.67 bits per heavy atom. The van der Waals surface area contributed by atoms with Crippen molar-refractivity contribution < 1.29 is 23.9 Å². The number of aryl methyl sites for hydroxylation is 1. The Labute approximate surface area is 182 Å². The van der Waals surface area contributed by atoms with Crippen molar-refractivity contribution in [3.05, 3.63) is 57.6 Å². The summed E-state index contributed by atoms with van der Waals surface area (Å²) in [4.78, 5) is 38.9. The van der Waals surface area contributed by atoms with Gasteiger partial charge in [-0.25, -0.2) is 9.69 Å². The van der Waals surface area contributed by atoms with Gasteiger partial charge >= 0.3 is 6.03 Å². The van der Waals surface area contributed by atoms with Crippen molar-refractivity contribution in [2.75, 3.05) is 18.1 Å². The molecule has 3 rings (SSSR count). The predicted molar refractivity (Wildman–Crippen MR) is 117 cm³/mol. The number of carbonyl (C=O) groups is 3. The van der Waals surface area contributed by atoms with E-state index in [1.165, 1.54) is 6.08 Å². The third kappa shape index (κ3) is 4.23. The van der Waals surface area contributed by atoms with Crippen molar-refractivity contribution >= 4 is 45.5 Å². The molecule has 0 unspecified atom stereocenters. The normalized spacial score (nSPS) is 15.4. The Kier molecular flexibility index (Phi) is 6.56. The summed E-state index contributed by atoms with van der Waals surface area (Å²) in [6, 6.07) is 9.58. The smallest absolute Gasteiger partial charge is 0.335 e. The maximum Gasteiger partial charge on any atom is 0.335 e. The van der Waals surface area contributed by atoms with Crippen molar-refractivity contribution in [2.24, 2.45) is 0 Å². The molecular formula is C22H21BrN2O5. The topological polar surface area (TPSA) is 84.9 Å². The van der Waals surface area contributed by atoms with Crippen molar-refractivity contribution in [3.8, 4) is 11.5 Å². The molecule has 0 atom stereocenters. The van der Waals surface area contributed by atoms with E-state index in [-0.39, 0.29) is 5.57 Å². The molecule has 1 aliphatic heterocycles. The highest BCUT2D eigenvalue weighted by Gasteiger charge is 2.37. The van der Waals surface area contributed by atoms with Crippen LogP contribution in [0.2, 0.25) is 0 Å². The first-order chi connectivity index (χ1) is 14.4. The van der Waals surface area contributed by atoms with Crippen molar-refractivity contribution in [2.45, 2.75) is 20.8 Å². The van der Waals surface area contributed by atoms with Gasteiger partial charge in [0.2, 0.25) is 0 Å². The summed E-state index contributed by atoms with van der Waals surface area (Å²) in [5.74, 6) is -0.417. The number of ether oxygens (including phenoxy) is 2. The van der Waals surface area contributed by atoms with Crippen LogP contribution in [-0.2, 0) is 9.59 Å². The molecule has 8 heteroatoms. The minimum absolute atomic E-state index is 0.162. The molecule has 0 spiro atoms. The largest absolute Gasteiger partial charge is 0.490 e. The summed E-state index contributed by atoms with van der Waals surface area (Å²) in [7, 11) is 0. The summed E-state index contributed by atoms with van der Waals surface area (Å²) in [5.41, 5.74) is 1.53. The van der Waals surface area contributed by atoms with E-state index in [0.29, 0.717) is 40.4 Å². The van der Waals surface area contributed by atoms with E-state index in [9.17, 15) is 14.4 Å². The number of imide groups is 2. The van der Waals surface area contributed by atoms with Crippen LogP contribution in [0.15, 0.2) is 46.4 Å². The lowest BCUT2D eigenvalue weighted by atomic mass is 10.1. The highest BCUT2D eigenvalue weighted by Crippen LogP contribution is 2.35. The maximum absolute atomic E-state index is 13.1. The van der Waals surface area contributed by atoms with Crippen LogP contribution in [0.5, 0.6) is 11.5 Å². The quantitative estimate of drug-likeness (QED) is 0.502. The predicted octanol–water partition coefficient (Wildman–Crippen LogP) is 4.22. The minimum atomic E-state index is -0.780. The van der Waals surface area contributed by atoms with Gasteiger partial charge in [-0.15, -0.1) is 0 Å². The van der Waals surface area contributed by atoms with E-state index in [0.717, 1.165) is 10.5 Å².